The van der Waals surface area contributed by atoms with Crippen LogP contribution >= 0.6 is 0 Å². The second-order valence-electron chi connectivity index (χ2n) is 5.15. The van der Waals surface area contributed by atoms with Crippen molar-refractivity contribution >= 4 is 0 Å². The average molecular weight is 242 g/mol. The Bertz CT molecular complexity index is 170. The molecule has 0 aromatic rings. The lowest BCUT2D eigenvalue weighted by Gasteiger charge is -2.30. The number of piperidine rings is 1. The lowest BCUT2D eigenvalue weighted by atomic mass is 10.0. The molecule has 0 bridgehead atoms. The molecule has 102 valence electrons. The van der Waals surface area contributed by atoms with Gasteiger partial charge >= 0.3 is 0 Å². The number of methoxy groups -OCH3 is 1. The zero-order valence-corrected chi connectivity index (χ0v) is 11.7. The van der Waals surface area contributed by atoms with Gasteiger partial charge in [0, 0.05) is 26.3 Å². The molecule has 1 atom stereocenters. The van der Waals surface area contributed by atoms with Gasteiger partial charge in [0.05, 0.1) is 0 Å². The molecule has 1 N–H and O–H groups in total. The van der Waals surface area contributed by atoms with Gasteiger partial charge in [-0.3, -0.25) is 0 Å². The van der Waals surface area contributed by atoms with E-state index in [9.17, 15) is 0 Å². The van der Waals surface area contributed by atoms with Crippen molar-refractivity contribution in [2.75, 3.05) is 39.9 Å². The minimum atomic E-state index is 0.734. The molecule has 0 aliphatic carbocycles. The Morgan fingerprint density at radius 3 is 2.76 bits per heavy atom. The molecule has 1 fully saturated rings. The van der Waals surface area contributed by atoms with E-state index in [-0.39, 0.29) is 0 Å². The summed E-state index contributed by atoms with van der Waals surface area (Å²) in [5, 5.41) is 3.64. The highest BCUT2D eigenvalue weighted by Gasteiger charge is 2.15. The number of ether oxygens (including phenoxy) is 1. The fourth-order valence-electron chi connectivity index (χ4n) is 2.58. The number of nitrogens with zero attached hydrogens (tertiary/aromatic N) is 1. The van der Waals surface area contributed by atoms with Crippen LogP contribution < -0.4 is 5.32 Å². The van der Waals surface area contributed by atoms with E-state index < -0.39 is 0 Å². The van der Waals surface area contributed by atoms with Crippen molar-refractivity contribution in [2.45, 2.75) is 51.5 Å². The number of unbranched alkanes of at least 4 members (excludes halogenated alkanes) is 1. The highest BCUT2D eigenvalue weighted by Crippen LogP contribution is 2.09. The third kappa shape index (κ3) is 7.02. The fourth-order valence-corrected chi connectivity index (χ4v) is 2.58. The van der Waals surface area contributed by atoms with E-state index in [4.69, 9.17) is 4.74 Å². The zero-order chi connectivity index (χ0) is 12.3. The van der Waals surface area contributed by atoms with E-state index in [1.807, 2.05) is 0 Å². The van der Waals surface area contributed by atoms with Crippen molar-refractivity contribution in [1.29, 1.82) is 0 Å². The van der Waals surface area contributed by atoms with Crippen molar-refractivity contribution in [3.05, 3.63) is 0 Å². The van der Waals surface area contributed by atoms with Crippen LogP contribution in [0.1, 0.15) is 45.4 Å². The van der Waals surface area contributed by atoms with E-state index in [2.05, 4.69) is 17.1 Å². The number of rotatable bonds is 9. The van der Waals surface area contributed by atoms with E-state index in [1.54, 1.807) is 7.11 Å². The molecule has 0 aromatic carbocycles. The maximum absolute atomic E-state index is 5.10. The molecule has 1 aliphatic heterocycles. The maximum Gasteiger partial charge on any atom is 0.0462 e. The first-order valence-electron chi connectivity index (χ1n) is 7.31. The lowest BCUT2D eigenvalue weighted by Crippen LogP contribution is -2.44. The Morgan fingerprint density at radius 1 is 1.24 bits per heavy atom. The summed E-state index contributed by atoms with van der Waals surface area (Å²) in [6.07, 6.45) is 7.84. The standard InChI is InChI=1S/C14H30N2O/c1-3-10-16(11-6-7-12-17-2)13-14-8-4-5-9-15-14/h14-15H,3-13H2,1-2H3. The molecule has 0 spiro atoms. The topological polar surface area (TPSA) is 24.5 Å². The van der Waals surface area contributed by atoms with Crippen LogP contribution in [0.4, 0.5) is 0 Å². The van der Waals surface area contributed by atoms with Crippen LogP contribution in [0.3, 0.4) is 0 Å². The summed E-state index contributed by atoms with van der Waals surface area (Å²) in [6, 6.07) is 0.734. The number of hydrogen-bond donors (Lipinski definition) is 1. The smallest absolute Gasteiger partial charge is 0.0462 e. The molecule has 1 aliphatic rings. The van der Waals surface area contributed by atoms with Crippen LogP contribution in [0.2, 0.25) is 0 Å². The molecule has 0 saturated carbocycles. The van der Waals surface area contributed by atoms with Crippen molar-refractivity contribution in [2.24, 2.45) is 0 Å². The molecular weight excluding hydrogens is 212 g/mol. The van der Waals surface area contributed by atoms with Gasteiger partial charge in [-0.25, -0.2) is 0 Å². The van der Waals surface area contributed by atoms with Gasteiger partial charge in [0.15, 0.2) is 0 Å². The first kappa shape index (κ1) is 14.9. The third-order valence-electron chi connectivity index (χ3n) is 3.50. The van der Waals surface area contributed by atoms with E-state index >= 15 is 0 Å². The van der Waals surface area contributed by atoms with E-state index in [0.29, 0.717) is 0 Å². The molecule has 1 saturated heterocycles. The fraction of sp³-hybridized carbons (Fsp3) is 1.00. The van der Waals surface area contributed by atoms with Crippen molar-refractivity contribution < 1.29 is 4.74 Å². The SMILES string of the molecule is CCCN(CCCCOC)CC1CCCCN1. The molecule has 3 heteroatoms. The Balaban J connectivity index is 2.16. The molecule has 1 rings (SSSR count). The van der Waals surface area contributed by atoms with Gasteiger partial charge in [0.1, 0.15) is 0 Å². The zero-order valence-electron chi connectivity index (χ0n) is 11.7. The summed E-state index contributed by atoms with van der Waals surface area (Å²) in [7, 11) is 1.79. The van der Waals surface area contributed by atoms with E-state index in [0.717, 1.165) is 12.6 Å². The molecule has 1 unspecified atom stereocenters. The van der Waals surface area contributed by atoms with Crippen LogP contribution in [0.15, 0.2) is 0 Å². The molecular formula is C14H30N2O. The Morgan fingerprint density at radius 2 is 2.12 bits per heavy atom. The van der Waals surface area contributed by atoms with Crippen molar-refractivity contribution in [1.82, 2.24) is 10.2 Å². The summed E-state index contributed by atoms with van der Waals surface area (Å²) in [5.74, 6) is 0. The average Bonchev–Trinajstić information content (AvgIpc) is 2.36. The highest BCUT2D eigenvalue weighted by atomic mass is 16.5. The monoisotopic (exact) mass is 242 g/mol. The van der Waals surface area contributed by atoms with Crippen LogP contribution in [-0.2, 0) is 4.74 Å². The van der Waals surface area contributed by atoms with Gasteiger partial charge in [-0.1, -0.05) is 13.3 Å². The van der Waals surface area contributed by atoms with Crippen LogP contribution in [-0.4, -0.2) is 50.8 Å². The molecule has 0 radical (unpaired) electrons. The first-order valence-corrected chi connectivity index (χ1v) is 7.31. The number of nitrogens with one attached hydrogen (secondary N) is 1. The minimum Gasteiger partial charge on any atom is -0.385 e. The minimum absolute atomic E-state index is 0.734. The summed E-state index contributed by atoms with van der Waals surface area (Å²) in [5.41, 5.74) is 0. The first-order chi connectivity index (χ1) is 8.36. The summed E-state index contributed by atoms with van der Waals surface area (Å²) >= 11 is 0. The highest BCUT2D eigenvalue weighted by molar-refractivity contribution is 4.76. The Hall–Kier alpha value is -0.120. The second kappa shape index (κ2) is 9.86. The van der Waals surface area contributed by atoms with Crippen LogP contribution in [0, 0.1) is 0 Å². The van der Waals surface area contributed by atoms with Crippen LogP contribution in [0.25, 0.3) is 0 Å². The molecule has 17 heavy (non-hydrogen) atoms. The van der Waals surface area contributed by atoms with Gasteiger partial charge < -0.3 is 15.0 Å². The predicted octanol–water partition coefficient (Wildman–Crippen LogP) is 2.27. The lowest BCUT2D eigenvalue weighted by molar-refractivity contribution is 0.177. The molecule has 0 aromatic heterocycles. The Labute approximate surface area is 107 Å². The molecule has 1 heterocycles. The maximum atomic E-state index is 5.10. The van der Waals surface area contributed by atoms with Gasteiger partial charge in [0.2, 0.25) is 0 Å². The van der Waals surface area contributed by atoms with Crippen LogP contribution in [0.5, 0.6) is 0 Å². The quantitative estimate of drug-likeness (QED) is 0.628. The van der Waals surface area contributed by atoms with Gasteiger partial charge in [-0.05, 0) is 51.7 Å². The van der Waals surface area contributed by atoms with Gasteiger partial charge in [0.25, 0.3) is 0 Å². The second-order valence-corrected chi connectivity index (χ2v) is 5.15. The van der Waals surface area contributed by atoms with Crippen molar-refractivity contribution in [3.8, 4) is 0 Å². The largest absolute Gasteiger partial charge is 0.385 e. The molecule has 0 amide bonds. The third-order valence-corrected chi connectivity index (χ3v) is 3.50. The summed E-state index contributed by atoms with van der Waals surface area (Å²) in [4.78, 5) is 2.62. The van der Waals surface area contributed by atoms with E-state index in [1.165, 1.54) is 64.7 Å². The molecule has 3 nitrogen and oxygen atoms in total. The predicted molar refractivity (Wildman–Crippen MR) is 73.5 cm³/mol. The van der Waals surface area contributed by atoms with Crippen molar-refractivity contribution in [3.63, 3.8) is 0 Å². The number of hydrogen-bond acceptors (Lipinski definition) is 3. The van der Waals surface area contributed by atoms with Gasteiger partial charge in [-0.15, -0.1) is 0 Å². The normalized spacial score (nSPS) is 21.0. The summed E-state index contributed by atoms with van der Waals surface area (Å²) < 4.78 is 5.10. The summed E-state index contributed by atoms with van der Waals surface area (Å²) in [6.45, 7) is 8.10. The Kier molecular flexibility index (Phi) is 8.67. The van der Waals surface area contributed by atoms with Gasteiger partial charge in [-0.2, -0.15) is 0 Å².